The average molecular weight is 438 g/mol. The summed E-state index contributed by atoms with van der Waals surface area (Å²) in [6.07, 6.45) is 6.23. The molecule has 0 unspecified atom stereocenters. The fourth-order valence-corrected chi connectivity index (χ4v) is 6.23. The SMILES string of the molecule is CCCS(=O)(=O)N1CCN(C2(CNC(=O)c3ccc(OC)cc3)CCCCC2)CC1. The zero-order valence-electron chi connectivity index (χ0n) is 18.2. The van der Waals surface area contributed by atoms with Gasteiger partial charge in [-0.15, -0.1) is 0 Å². The largest absolute Gasteiger partial charge is 0.497 e. The maximum Gasteiger partial charge on any atom is 0.251 e. The van der Waals surface area contributed by atoms with Gasteiger partial charge in [0, 0.05) is 43.8 Å². The molecule has 7 nitrogen and oxygen atoms in total. The van der Waals surface area contributed by atoms with E-state index in [1.165, 1.54) is 6.42 Å². The summed E-state index contributed by atoms with van der Waals surface area (Å²) in [6, 6.07) is 7.14. The minimum atomic E-state index is -3.15. The summed E-state index contributed by atoms with van der Waals surface area (Å²) in [5.74, 6) is 0.869. The lowest BCUT2D eigenvalue weighted by Crippen LogP contribution is -2.62. The van der Waals surface area contributed by atoms with E-state index in [0.29, 0.717) is 31.6 Å². The Kier molecular flexibility index (Phi) is 7.76. The number of nitrogens with one attached hydrogen (secondary N) is 1. The molecule has 0 bridgehead atoms. The number of benzene rings is 1. The maximum absolute atomic E-state index is 12.7. The summed E-state index contributed by atoms with van der Waals surface area (Å²) in [4.78, 5) is 15.1. The molecule has 1 heterocycles. The second-order valence-electron chi connectivity index (χ2n) is 8.40. The van der Waals surface area contributed by atoms with Crippen molar-refractivity contribution in [3.8, 4) is 5.75 Å². The smallest absolute Gasteiger partial charge is 0.251 e. The molecule has 1 amide bonds. The number of hydrogen-bond donors (Lipinski definition) is 1. The number of piperazine rings is 1. The minimum Gasteiger partial charge on any atom is -0.497 e. The molecule has 2 fully saturated rings. The lowest BCUT2D eigenvalue weighted by atomic mass is 9.79. The van der Waals surface area contributed by atoms with Gasteiger partial charge in [0.25, 0.3) is 5.91 Å². The van der Waals surface area contributed by atoms with Gasteiger partial charge in [0.2, 0.25) is 10.0 Å². The third-order valence-corrected chi connectivity index (χ3v) is 8.56. The van der Waals surface area contributed by atoms with Crippen LogP contribution in [0.2, 0.25) is 0 Å². The molecule has 2 aliphatic rings. The molecule has 1 aromatic carbocycles. The Labute approximate surface area is 180 Å². The van der Waals surface area contributed by atoms with Gasteiger partial charge < -0.3 is 10.1 Å². The first kappa shape index (κ1) is 23.0. The van der Waals surface area contributed by atoms with Gasteiger partial charge in [-0.3, -0.25) is 9.69 Å². The number of sulfonamides is 1. The summed E-state index contributed by atoms with van der Waals surface area (Å²) < 4.78 is 31.6. The van der Waals surface area contributed by atoms with Crippen LogP contribution in [-0.4, -0.2) is 74.7 Å². The standard InChI is InChI=1S/C22H35N3O4S/c1-3-17-30(27,28)25-15-13-24(14-16-25)22(11-5-4-6-12-22)18-23-21(26)19-7-9-20(29-2)10-8-19/h7-10H,3-6,11-18H2,1-2H3,(H,23,26). The summed E-state index contributed by atoms with van der Waals surface area (Å²) in [5, 5.41) is 3.15. The van der Waals surface area contributed by atoms with Gasteiger partial charge in [-0.1, -0.05) is 26.2 Å². The van der Waals surface area contributed by atoms with Gasteiger partial charge in [0.15, 0.2) is 0 Å². The van der Waals surface area contributed by atoms with E-state index in [4.69, 9.17) is 4.74 Å². The first-order valence-corrected chi connectivity index (χ1v) is 12.7. The number of nitrogens with zero attached hydrogens (tertiary/aromatic N) is 2. The fourth-order valence-electron chi connectivity index (χ4n) is 4.73. The Morgan fingerprint density at radius 2 is 1.70 bits per heavy atom. The van der Waals surface area contributed by atoms with Crippen LogP contribution in [0.25, 0.3) is 0 Å². The van der Waals surface area contributed by atoms with E-state index < -0.39 is 10.0 Å². The van der Waals surface area contributed by atoms with Gasteiger partial charge in [-0.2, -0.15) is 4.31 Å². The summed E-state index contributed by atoms with van der Waals surface area (Å²) in [5.41, 5.74) is 0.540. The van der Waals surface area contributed by atoms with Crippen LogP contribution >= 0.6 is 0 Å². The number of rotatable bonds is 8. The van der Waals surface area contributed by atoms with E-state index in [2.05, 4.69) is 10.2 Å². The van der Waals surface area contributed by atoms with Crippen molar-refractivity contribution in [3.05, 3.63) is 29.8 Å². The summed E-state index contributed by atoms with van der Waals surface area (Å²) in [7, 11) is -1.54. The monoisotopic (exact) mass is 437 g/mol. The van der Waals surface area contributed by atoms with Crippen LogP contribution in [-0.2, 0) is 10.0 Å². The van der Waals surface area contributed by atoms with Gasteiger partial charge in [-0.25, -0.2) is 8.42 Å². The van der Waals surface area contributed by atoms with E-state index in [9.17, 15) is 13.2 Å². The minimum absolute atomic E-state index is 0.0771. The number of carbonyl (C=O) groups excluding carboxylic acids is 1. The van der Waals surface area contributed by atoms with Crippen LogP contribution < -0.4 is 10.1 Å². The third kappa shape index (κ3) is 5.34. The fraction of sp³-hybridized carbons (Fsp3) is 0.682. The van der Waals surface area contributed by atoms with Crippen molar-refractivity contribution < 1.29 is 17.9 Å². The number of amides is 1. The molecule has 0 aromatic heterocycles. The third-order valence-electron chi connectivity index (χ3n) is 6.48. The Morgan fingerprint density at radius 3 is 2.27 bits per heavy atom. The molecule has 1 aliphatic carbocycles. The normalized spacial score (nSPS) is 20.6. The molecule has 168 valence electrons. The molecule has 3 rings (SSSR count). The highest BCUT2D eigenvalue weighted by Gasteiger charge is 2.40. The van der Waals surface area contributed by atoms with Crippen LogP contribution in [0.15, 0.2) is 24.3 Å². The molecule has 8 heteroatoms. The van der Waals surface area contributed by atoms with Crippen LogP contribution in [0.1, 0.15) is 55.8 Å². The van der Waals surface area contributed by atoms with E-state index in [-0.39, 0.29) is 17.2 Å². The van der Waals surface area contributed by atoms with Crippen molar-refractivity contribution in [2.75, 3.05) is 45.6 Å². The lowest BCUT2D eigenvalue weighted by molar-refractivity contribution is 0.0240. The van der Waals surface area contributed by atoms with Crippen molar-refractivity contribution >= 4 is 15.9 Å². The van der Waals surface area contributed by atoms with Crippen molar-refractivity contribution in [1.82, 2.24) is 14.5 Å². The van der Waals surface area contributed by atoms with Gasteiger partial charge in [-0.05, 0) is 43.5 Å². The molecular formula is C22H35N3O4S. The number of ether oxygens (including phenoxy) is 1. The van der Waals surface area contributed by atoms with Crippen LogP contribution in [0.4, 0.5) is 0 Å². The maximum atomic E-state index is 12.7. The number of methoxy groups -OCH3 is 1. The predicted molar refractivity (Wildman–Crippen MR) is 118 cm³/mol. The molecule has 0 spiro atoms. The zero-order valence-corrected chi connectivity index (χ0v) is 19.0. The lowest BCUT2D eigenvalue weighted by Gasteiger charge is -2.49. The highest BCUT2D eigenvalue weighted by molar-refractivity contribution is 7.89. The van der Waals surface area contributed by atoms with Crippen molar-refractivity contribution in [2.45, 2.75) is 51.0 Å². The molecule has 1 aromatic rings. The number of carbonyl (C=O) groups is 1. The first-order chi connectivity index (χ1) is 14.4. The molecule has 1 aliphatic heterocycles. The summed E-state index contributed by atoms with van der Waals surface area (Å²) >= 11 is 0. The van der Waals surface area contributed by atoms with Crippen LogP contribution in [0.5, 0.6) is 5.75 Å². The van der Waals surface area contributed by atoms with Gasteiger partial charge in [0.1, 0.15) is 5.75 Å². The van der Waals surface area contributed by atoms with Crippen molar-refractivity contribution in [1.29, 1.82) is 0 Å². The van der Waals surface area contributed by atoms with Crippen molar-refractivity contribution in [3.63, 3.8) is 0 Å². The molecule has 30 heavy (non-hydrogen) atoms. The van der Waals surface area contributed by atoms with Crippen molar-refractivity contribution in [2.24, 2.45) is 0 Å². The molecule has 1 saturated heterocycles. The Balaban J connectivity index is 1.64. The second kappa shape index (κ2) is 10.1. The zero-order chi connectivity index (χ0) is 21.6. The van der Waals surface area contributed by atoms with E-state index >= 15 is 0 Å². The molecule has 1 N–H and O–H groups in total. The first-order valence-electron chi connectivity index (χ1n) is 11.1. The highest BCUT2D eigenvalue weighted by atomic mass is 32.2. The second-order valence-corrected chi connectivity index (χ2v) is 10.5. The predicted octanol–water partition coefficient (Wildman–Crippen LogP) is 2.49. The van der Waals surface area contributed by atoms with Gasteiger partial charge >= 0.3 is 0 Å². The molecular weight excluding hydrogens is 402 g/mol. The Hall–Kier alpha value is -1.64. The number of hydrogen-bond acceptors (Lipinski definition) is 5. The van der Waals surface area contributed by atoms with Crippen LogP contribution in [0, 0.1) is 0 Å². The topological polar surface area (TPSA) is 79.0 Å². The molecule has 0 radical (unpaired) electrons. The van der Waals surface area contributed by atoms with E-state index in [1.807, 2.05) is 6.92 Å². The average Bonchev–Trinajstić information content (AvgIpc) is 2.78. The molecule has 1 saturated carbocycles. The van der Waals surface area contributed by atoms with E-state index in [0.717, 1.165) is 44.5 Å². The quantitative estimate of drug-likeness (QED) is 0.676. The van der Waals surface area contributed by atoms with Crippen LogP contribution in [0.3, 0.4) is 0 Å². The molecule has 0 atom stereocenters. The summed E-state index contributed by atoms with van der Waals surface area (Å²) in [6.45, 7) is 5.02. The Bertz CT molecular complexity index is 796. The van der Waals surface area contributed by atoms with Gasteiger partial charge in [0.05, 0.1) is 12.9 Å². The Morgan fingerprint density at radius 1 is 1.07 bits per heavy atom. The highest BCUT2D eigenvalue weighted by Crippen LogP contribution is 2.34. The van der Waals surface area contributed by atoms with E-state index in [1.54, 1.807) is 35.7 Å².